The van der Waals surface area contributed by atoms with Gasteiger partial charge in [-0.25, -0.2) is 0 Å². The average molecular weight is 611 g/mol. The smallest absolute Gasteiger partial charge is 0.136 e. The Labute approximate surface area is 291 Å². The lowest BCUT2D eigenvalue weighted by Crippen LogP contribution is -1.91. The Morgan fingerprint density at radius 3 is 1.60 bits per heavy atom. The van der Waals surface area contributed by atoms with Crippen molar-refractivity contribution in [2.24, 2.45) is 0 Å². The molecule has 218 valence electrons. The summed E-state index contributed by atoms with van der Waals surface area (Å²) in [6.07, 6.45) is 0. The molecule has 0 atom stereocenters. The minimum absolute atomic E-state index is 0.00596. The van der Waals surface area contributed by atoms with E-state index in [0.717, 1.165) is 32.7 Å². The summed E-state index contributed by atoms with van der Waals surface area (Å²) in [6, 6.07) is 20.7. The highest BCUT2D eigenvalue weighted by Gasteiger charge is 2.18. The molecule has 0 radical (unpaired) electrons. The fourth-order valence-corrected chi connectivity index (χ4v) is 6.64. The second-order valence-corrected chi connectivity index (χ2v) is 11.4. The summed E-state index contributed by atoms with van der Waals surface area (Å²) in [7, 11) is 0. The van der Waals surface area contributed by atoms with Gasteiger partial charge in [0.2, 0.25) is 0 Å². The standard InChI is InChI=1S/C46H28O/c1-2-10-29(11-3-1)32-18-19-34-25-35(21-20-33(34)24-32)45-37-14-6-8-16-39(37)46(40-17-9-7-15-38(40)45)36-22-23-43-41(27-36)42-26-30-12-4-5-13-31(30)28-44(42)47-43/h1-28H/i1D,2D,3D,4D,5D,10D,11D,12D,13D,22D,23D,26D,27D,28D. The van der Waals surface area contributed by atoms with Gasteiger partial charge in [-0.05, 0) is 113 Å². The molecule has 47 heavy (non-hydrogen) atoms. The van der Waals surface area contributed by atoms with E-state index < -0.39 is 48.3 Å². The zero-order valence-corrected chi connectivity index (χ0v) is 24.5. The van der Waals surface area contributed by atoms with Crippen molar-refractivity contribution in [2.45, 2.75) is 0 Å². The molecule has 0 unspecified atom stereocenters. The lowest BCUT2D eigenvalue weighted by Gasteiger charge is -2.18. The molecule has 9 aromatic carbocycles. The number of fused-ring (bicyclic) bond motifs is 7. The first-order valence-electron chi connectivity index (χ1n) is 22.0. The molecule has 10 aromatic rings. The van der Waals surface area contributed by atoms with E-state index in [1.807, 2.05) is 72.8 Å². The highest BCUT2D eigenvalue weighted by atomic mass is 16.3. The SMILES string of the molecule is [2H]c1c([2H])c([2H])c(-c2ccc3cc(-c4c5ccccc5c(-c5c([2H])c([2H])c6oc7c([2H])c8c([2H])c([2H])c([2H])c([2H])c8c([2H])c7c6c5[2H])c5ccccc45)ccc3c2)c([2H])c1[2H]. The fraction of sp³-hybridized carbons (Fsp3) is 0. The summed E-state index contributed by atoms with van der Waals surface area (Å²) in [5.41, 5.74) is 2.49. The molecule has 0 bridgehead atoms. The van der Waals surface area contributed by atoms with Gasteiger partial charge in [-0.2, -0.15) is 0 Å². The lowest BCUT2D eigenvalue weighted by atomic mass is 9.85. The van der Waals surface area contributed by atoms with E-state index in [9.17, 15) is 5.48 Å². The van der Waals surface area contributed by atoms with Crippen molar-refractivity contribution in [3.8, 4) is 33.4 Å². The van der Waals surface area contributed by atoms with Gasteiger partial charge in [0, 0.05) is 10.8 Å². The van der Waals surface area contributed by atoms with Gasteiger partial charge in [-0.3, -0.25) is 0 Å². The monoisotopic (exact) mass is 610 g/mol. The molecular weight excluding hydrogens is 569 g/mol. The molecule has 1 nitrogen and oxygen atoms in total. The maximum atomic E-state index is 9.75. The van der Waals surface area contributed by atoms with E-state index in [4.69, 9.17) is 18.1 Å². The summed E-state index contributed by atoms with van der Waals surface area (Å²) in [6.45, 7) is 0. The van der Waals surface area contributed by atoms with Gasteiger partial charge in [0.25, 0.3) is 0 Å². The van der Waals surface area contributed by atoms with Gasteiger partial charge in [0.1, 0.15) is 11.2 Å². The minimum Gasteiger partial charge on any atom is -0.456 e. The van der Waals surface area contributed by atoms with Gasteiger partial charge in [0.05, 0.1) is 19.2 Å². The molecule has 1 heteroatoms. The van der Waals surface area contributed by atoms with Crippen LogP contribution in [0.5, 0.6) is 0 Å². The lowest BCUT2D eigenvalue weighted by molar-refractivity contribution is 0.669. The summed E-state index contributed by atoms with van der Waals surface area (Å²) >= 11 is 0. The highest BCUT2D eigenvalue weighted by Crippen LogP contribution is 2.45. The topological polar surface area (TPSA) is 13.1 Å². The van der Waals surface area contributed by atoms with Crippen molar-refractivity contribution in [2.75, 3.05) is 0 Å². The molecule has 0 N–H and O–H groups in total. The van der Waals surface area contributed by atoms with Crippen LogP contribution in [0.2, 0.25) is 0 Å². The fourth-order valence-electron chi connectivity index (χ4n) is 6.64. The Bertz CT molecular complexity index is 3560. The normalized spacial score (nSPS) is 16.0. The molecule has 0 spiro atoms. The van der Waals surface area contributed by atoms with Gasteiger partial charge < -0.3 is 4.42 Å². The summed E-state index contributed by atoms with van der Waals surface area (Å²) < 4.78 is 128. The van der Waals surface area contributed by atoms with Gasteiger partial charge >= 0.3 is 0 Å². The molecule has 0 aliphatic heterocycles. The Balaban J connectivity index is 1.24. The van der Waals surface area contributed by atoms with E-state index in [1.165, 1.54) is 0 Å². The first kappa shape index (κ1) is 15.9. The maximum Gasteiger partial charge on any atom is 0.136 e. The summed E-state index contributed by atoms with van der Waals surface area (Å²) in [5, 5.41) is 4.07. The Hall–Kier alpha value is -6.18. The quantitative estimate of drug-likeness (QED) is 0.181. The van der Waals surface area contributed by atoms with Crippen LogP contribution >= 0.6 is 0 Å². The predicted octanol–water partition coefficient (Wildman–Crippen LogP) is 13.2. The number of benzene rings is 9. The zero-order valence-electron chi connectivity index (χ0n) is 38.5. The van der Waals surface area contributed by atoms with Crippen LogP contribution in [-0.4, -0.2) is 0 Å². The van der Waals surface area contributed by atoms with Crippen LogP contribution in [0.1, 0.15) is 19.2 Å². The van der Waals surface area contributed by atoms with E-state index in [2.05, 4.69) is 0 Å². The van der Waals surface area contributed by atoms with Crippen molar-refractivity contribution in [3.63, 3.8) is 0 Å². The molecule has 1 aromatic heterocycles. The molecule has 0 saturated carbocycles. The van der Waals surface area contributed by atoms with Crippen LogP contribution < -0.4 is 0 Å². The van der Waals surface area contributed by atoms with Gasteiger partial charge in [0.15, 0.2) is 0 Å². The third-order valence-corrected chi connectivity index (χ3v) is 8.73. The predicted molar refractivity (Wildman–Crippen MR) is 200 cm³/mol. The number of furan rings is 1. The first-order chi connectivity index (χ1) is 29.1. The highest BCUT2D eigenvalue weighted by molar-refractivity contribution is 6.22. The van der Waals surface area contributed by atoms with Gasteiger partial charge in [-0.15, -0.1) is 0 Å². The largest absolute Gasteiger partial charge is 0.456 e. The Morgan fingerprint density at radius 1 is 0.362 bits per heavy atom. The van der Waals surface area contributed by atoms with Gasteiger partial charge in [-0.1, -0.05) is 133 Å². The zero-order chi connectivity index (χ0) is 43.1. The van der Waals surface area contributed by atoms with Crippen molar-refractivity contribution in [3.05, 3.63) is 170 Å². The van der Waals surface area contributed by atoms with Crippen molar-refractivity contribution in [1.29, 1.82) is 0 Å². The van der Waals surface area contributed by atoms with Crippen LogP contribution in [0.25, 0.3) is 98.4 Å². The molecule has 0 amide bonds. The third kappa shape index (κ3) is 4.10. The van der Waals surface area contributed by atoms with E-state index in [0.29, 0.717) is 21.9 Å². The van der Waals surface area contributed by atoms with Crippen LogP contribution in [0.15, 0.2) is 174 Å². The second kappa shape index (κ2) is 10.2. The van der Waals surface area contributed by atoms with Crippen LogP contribution in [0.3, 0.4) is 0 Å². The van der Waals surface area contributed by atoms with Crippen molar-refractivity contribution >= 4 is 65.0 Å². The van der Waals surface area contributed by atoms with Crippen LogP contribution in [0, 0.1) is 0 Å². The number of hydrogen-bond acceptors (Lipinski definition) is 1. The Morgan fingerprint density at radius 2 is 0.915 bits per heavy atom. The molecule has 1 heterocycles. The molecule has 0 fully saturated rings. The summed E-state index contributed by atoms with van der Waals surface area (Å²) in [5.74, 6) is 0. The van der Waals surface area contributed by atoms with Crippen molar-refractivity contribution in [1.82, 2.24) is 0 Å². The van der Waals surface area contributed by atoms with E-state index in [1.54, 1.807) is 12.1 Å². The molecular formula is C46H28O. The number of hydrogen-bond donors (Lipinski definition) is 0. The maximum absolute atomic E-state index is 9.75. The second-order valence-electron chi connectivity index (χ2n) is 11.4. The Kier molecular flexibility index (Phi) is 3.44. The minimum atomic E-state index is -0.568. The molecule has 0 aliphatic carbocycles. The van der Waals surface area contributed by atoms with Crippen LogP contribution in [-0.2, 0) is 0 Å². The molecule has 10 rings (SSSR count). The average Bonchev–Trinajstić information content (AvgIpc) is 3.68. The summed E-state index contributed by atoms with van der Waals surface area (Å²) in [4.78, 5) is 0. The van der Waals surface area contributed by atoms with Crippen LogP contribution in [0.4, 0.5) is 0 Å². The number of rotatable bonds is 3. The van der Waals surface area contributed by atoms with E-state index >= 15 is 0 Å². The molecule has 0 saturated heterocycles. The third-order valence-electron chi connectivity index (χ3n) is 8.73. The molecule has 0 aliphatic rings. The van der Waals surface area contributed by atoms with E-state index in [-0.39, 0.29) is 80.1 Å². The first-order valence-corrected chi connectivity index (χ1v) is 15.0. The van der Waals surface area contributed by atoms with Crippen molar-refractivity contribution < 1.29 is 23.6 Å².